The van der Waals surface area contributed by atoms with Gasteiger partial charge in [-0.25, -0.2) is 0 Å². The number of benzene rings is 17. The molecule has 6 heteroatoms. The molecule has 0 bridgehead atoms. The Balaban J connectivity index is 0.000000123. The van der Waals surface area contributed by atoms with Crippen molar-refractivity contribution in [2.75, 3.05) is 50.5 Å². The Hall–Kier alpha value is -13.2. The maximum Gasteiger partial charge on any atom is 0.0540 e. The van der Waals surface area contributed by atoms with E-state index < -0.39 is 0 Å². The van der Waals surface area contributed by atoms with E-state index in [1.807, 2.05) is 6.07 Å². The molecule has 0 aliphatic carbocycles. The molecule has 0 atom stereocenters. The zero-order valence-corrected chi connectivity index (χ0v) is 56.9. The summed E-state index contributed by atoms with van der Waals surface area (Å²) >= 11 is 0. The molecule has 0 amide bonds. The van der Waals surface area contributed by atoms with Crippen molar-refractivity contribution >= 4 is 139 Å². The third-order valence-corrected chi connectivity index (χ3v) is 18.9. The fraction of sp³-hybridized carbons (Fsp3) is 0.0316. The normalized spacial score (nSPS) is 10.9. The summed E-state index contributed by atoms with van der Waals surface area (Å²) in [5.41, 5.74) is 17.3. The SMILES string of the molecule is CN(c1ccc(N(c2ccccc2)c2cccc3ccccc23)cc1)c1ccc2ccccc2c1.CN(c1ccc(N(c2ccccc2)c2cccc3ccccc23)cc1)c1cccc2ccccc12.CN(c1ccccc1)c1ccc(N(c2ccccc2)c2cccc3ccccc23)cc1. The molecular weight excluding hydrogens is 1230 g/mol. The average molecular weight is 1300 g/mol. The van der Waals surface area contributed by atoms with Crippen LogP contribution in [-0.2, 0) is 0 Å². The van der Waals surface area contributed by atoms with Crippen LogP contribution in [0.25, 0.3) is 53.9 Å². The summed E-state index contributed by atoms with van der Waals surface area (Å²) in [6.45, 7) is 0. The van der Waals surface area contributed by atoms with E-state index >= 15 is 0 Å². The van der Waals surface area contributed by atoms with Crippen LogP contribution in [0.15, 0.2) is 406 Å². The van der Waals surface area contributed by atoms with Gasteiger partial charge in [-0.2, -0.15) is 0 Å². The molecule has 0 N–H and O–H groups in total. The monoisotopic (exact) mass is 1300 g/mol. The zero-order valence-electron chi connectivity index (χ0n) is 56.9. The van der Waals surface area contributed by atoms with E-state index in [4.69, 9.17) is 0 Å². The Labute approximate surface area is 592 Å². The van der Waals surface area contributed by atoms with Gasteiger partial charge in [0, 0.05) is 111 Å². The molecule has 17 aromatic rings. The molecule has 0 radical (unpaired) electrons. The molecule has 0 aliphatic rings. The van der Waals surface area contributed by atoms with Gasteiger partial charge in [-0.1, -0.05) is 249 Å². The lowest BCUT2D eigenvalue weighted by Crippen LogP contribution is -2.12. The molecule has 0 saturated heterocycles. The summed E-state index contributed by atoms with van der Waals surface area (Å²) < 4.78 is 0. The van der Waals surface area contributed by atoms with Crippen LogP contribution in [-0.4, -0.2) is 21.1 Å². The van der Waals surface area contributed by atoms with Gasteiger partial charge in [0.1, 0.15) is 0 Å². The fourth-order valence-corrected chi connectivity index (χ4v) is 13.7. The quantitative estimate of drug-likeness (QED) is 0.101. The van der Waals surface area contributed by atoms with Crippen molar-refractivity contribution in [3.8, 4) is 0 Å². The molecule has 0 aromatic heterocycles. The van der Waals surface area contributed by atoms with Crippen molar-refractivity contribution in [2.45, 2.75) is 0 Å². The Morgan fingerprint density at radius 3 is 0.713 bits per heavy atom. The highest BCUT2D eigenvalue weighted by molar-refractivity contribution is 6.02. The van der Waals surface area contributed by atoms with Crippen molar-refractivity contribution in [1.82, 2.24) is 0 Å². The summed E-state index contributed by atoms with van der Waals surface area (Å²) in [5, 5.41) is 12.4. The first-order valence-corrected chi connectivity index (χ1v) is 34.4. The minimum atomic E-state index is 1.13. The fourth-order valence-electron chi connectivity index (χ4n) is 13.7. The highest BCUT2D eigenvalue weighted by atomic mass is 15.2. The van der Waals surface area contributed by atoms with Crippen LogP contribution < -0.4 is 29.4 Å². The van der Waals surface area contributed by atoms with Crippen LogP contribution in [0.1, 0.15) is 0 Å². The van der Waals surface area contributed by atoms with E-state index in [0.717, 1.165) is 51.2 Å². The standard InChI is InChI=1S/2C33H26N2.C29H24N2/c1-34(32-19-9-13-25-11-5-7-17-30(25)32)27-21-23-29(24-22-27)35(28-15-3-2-4-16-28)33-20-10-14-26-12-6-8-18-31(26)33;1-34(31-19-18-25-10-5-6-12-27(25)24-31)28-20-22-30(23-21-28)35(29-14-3-2-4-15-29)33-17-9-13-26-11-7-8-16-32(26)33;1-30(24-13-4-2-5-14-24)25-19-21-27(22-20-25)31(26-15-6-3-7-16-26)29-18-10-12-23-11-8-9-17-28(23)29/h2*2-24H,1H3;2-22H,1H3. The second-order valence-corrected chi connectivity index (χ2v) is 25.1. The van der Waals surface area contributed by atoms with Crippen molar-refractivity contribution in [2.24, 2.45) is 0 Å². The summed E-state index contributed by atoms with van der Waals surface area (Å²) in [6, 6.07) is 144. The second-order valence-electron chi connectivity index (χ2n) is 25.1. The summed E-state index contributed by atoms with van der Waals surface area (Å²) in [7, 11) is 6.36. The third-order valence-electron chi connectivity index (χ3n) is 18.9. The number of hydrogen-bond donors (Lipinski definition) is 0. The minimum Gasteiger partial charge on any atom is -0.345 e. The van der Waals surface area contributed by atoms with Gasteiger partial charge in [-0.05, 0) is 190 Å². The molecule has 0 aliphatic heterocycles. The lowest BCUT2D eigenvalue weighted by atomic mass is 10.1. The predicted molar refractivity (Wildman–Crippen MR) is 434 cm³/mol. The zero-order chi connectivity index (χ0) is 68.3. The van der Waals surface area contributed by atoms with Crippen LogP contribution in [0.5, 0.6) is 0 Å². The number of fused-ring (bicyclic) bond motifs is 5. The molecule has 17 aromatic carbocycles. The van der Waals surface area contributed by atoms with Gasteiger partial charge in [0.2, 0.25) is 0 Å². The van der Waals surface area contributed by atoms with Crippen LogP contribution in [0.4, 0.5) is 85.3 Å². The van der Waals surface area contributed by atoms with E-state index in [1.165, 1.54) is 88.0 Å². The van der Waals surface area contributed by atoms with Gasteiger partial charge in [-0.15, -0.1) is 0 Å². The minimum absolute atomic E-state index is 1.13. The van der Waals surface area contributed by atoms with Crippen LogP contribution in [0.3, 0.4) is 0 Å². The van der Waals surface area contributed by atoms with E-state index in [9.17, 15) is 0 Å². The topological polar surface area (TPSA) is 19.4 Å². The van der Waals surface area contributed by atoms with Crippen LogP contribution in [0.2, 0.25) is 0 Å². The first-order chi connectivity index (χ1) is 49.9. The molecule has 0 fully saturated rings. The summed E-state index contributed by atoms with van der Waals surface area (Å²) in [5.74, 6) is 0. The number of rotatable bonds is 15. The molecule has 17 rings (SSSR count). The molecule has 101 heavy (non-hydrogen) atoms. The van der Waals surface area contributed by atoms with E-state index in [2.05, 4.69) is 451 Å². The second kappa shape index (κ2) is 29.7. The average Bonchev–Trinajstić information content (AvgIpc) is 0.794. The van der Waals surface area contributed by atoms with Gasteiger partial charge < -0.3 is 29.4 Å². The first-order valence-electron chi connectivity index (χ1n) is 34.4. The van der Waals surface area contributed by atoms with E-state index in [-0.39, 0.29) is 0 Å². The Morgan fingerprint density at radius 2 is 0.356 bits per heavy atom. The number of nitrogens with zero attached hydrogens (tertiary/aromatic N) is 6. The maximum atomic E-state index is 2.34. The first kappa shape index (κ1) is 63.9. The predicted octanol–water partition coefficient (Wildman–Crippen LogP) is 26.5. The lowest BCUT2D eigenvalue weighted by Gasteiger charge is -2.28. The summed E-state index contributed by atoms with van der Waals surface area (Å²) in [6.07, 6.45) is 0. The third kappa shape index (κ3) is 13.8. The Bertz CT molecular complexity index is 5570. The maximum absolute atomic E-state index is 2.34. The van der Waals surface area contributed by atoms with Crippen LogP contribution >= 0.6 is 0 Å². The highest BCUT2D eigenvalue weighted by Gasteiger charge is 2.20. The van der Waals surface area contributed by atoms with Gasteiger partial charge in [0.25, 0.3) is 0 Å². The molecule has 0 spiro atoms. The van der Waals surface area contributed by atoms with Crippen molar-refractivity contribution in [3.63, 3.8) is 0 Å². The largest absolute Gasteiger partial charge is 0.345 e. The summed E-state index contributed by atoms with van der Waals surface area (Å²) in [4.78, 5) is 13.7. The molecule has 0 unspecified atom stereocenters. The van der Waals surface area contributed by atoms with Crippen molar-refractivity contribution in [3.05, 3.63) is 406 Å². The van der Waals surface area contributed by atoms with Crippen molar-refractivity contribution in [1.29, 1.82) is 0 Å². The van der Waals surface area contributed by atoms with Crippen LogP contribution in [0, 0.1) is 0 Å². The van der Waals surface area contributed by atoms with E-state index in [0.29, 0.717) is 0 Å². The van der Waals surface area contributed by atoms with Crippen molar-refractivity contribution < 1.29 is 0 Å². The van der Waals surface area contributed by atoms with Gasteiger partial charge in [-0.3, -0.25) is 0 Å². The smallest absolute Gasteiger partial charge is 0.0540 e. The van der Waals surface area contributed by atoms with Gasteiger partial charge in [0.15, 0.2) is 0 Å². The van der Waals surface area contributed by atoms with Gasteiger partial charge in [0.05, 0.1) is 17.1 Å². The molecule has 6 nitrogen and oxygen atoms in total. The molecule has 0 heterocycles. The highest BCUT2D eigenvalue weighted by Crippen LogP contribution is 2.44. The number of hydrogen-bond acceptors (Lipinski definition) is 6. The number of para-hydroxylation sites is 4. The lowest BCUT2D eigenvalue weighted by molar-refractivity contribution is 1.20. The van der Waals surface area contributed by atoms with Gasteiger partial charge >= 0.3 is 0 Å². The van der Waals surface area contributed by atoms with E-state index in [1.54, 1.807) is 0 Å². The molecule has 0 saturated carbocycles. The Morgan fingerprint density at radius 1 is 0.139 bits per heavy atom. The number of anilines is 15. The molecule has 486 valence electrons. The Kier molecular flexibility index (Phi) is 18.8. The molecular formula is C95H76N6.